The van der Waals surface area contributed by atoms with Crippen molar-refractivity contribution in [3.8, 4) is 11.4 Å². The Bertz CT molecular complexity index is 1520. The van der Waals surface area contributed by atoms with Crippen molar-refractivity contribution in [2.75, 3.05) is 27.2 Å². The van der Waals surface area contributed by atoms with Crippen LogP contribution in [0, 0.1) is 0 Å². The highest BCUT2D eigenvalue weighted by Gasteiger charge is 2.16. The smallest absolute Gasteiger partial charge is 0.135 e. The van der Waals surface area contributed by atoms with Crippen molar-refractivity contribution in [1.82, 2.24) is 30.4 Å². The van der Waals surface area contributed by atoms with Crippen LogP contribution in [0.25, 0.3) is 44.5 Å². The molecule has 35 heavy (non-hydrogen) atoms. The Balaban J connectivity index is 1.58. The van der Waals surface area contributed by atoms with Crippen LogP contribution in [0.15, 0.2) is 85.1 Å². The van der Waals surface area contributed by atoms with Gasteiger partial charge in [-0.15, -0.1) is 0 Å². The molecule has 6 heteroatoms. The number of hydrogen-bond donors (Lipinski definition) is 3. The largest absolute Gasteiger partial charge is 0.387 e. The number of benzene rings is 1. The molecule has 3 aromatic heterocycles. The molecular formula is C29H30N6. The molecule has 0 saturated carbocycles. The molecule has 1 aliphatic rings. The van der Waals surface area contributed by atoms with Crippen LogP contribution in [0.4, 0.5) is 0 Å². The van der Waals surface area contributed by atoms with Crippen LogP contribution < -0.4 is 5.32 Å². The van der Waals surface area contributed by atoms with Crippen LogP contribution in [0.5, 0.6) is 0 Å². The van der Waals surface area contributed by atoms with Gasteiger partial charge >= 0.3 is 0 Å². The maximum atomic E-state index is 5.02. The van der Waals surface area contributed by atoms with Crippen molar-refractivity contribution in [3.63, 3.8) is 0 Å². The maximum absolute atomic E-state index is 5.02. The third-order valence-corrected chi connectivity index (χ3v) is 6.14. The predicted octanol–water partition coefficient (Wildman–Crippen LogP) is 5.68. The first-order valence-electron chi connectivity index (χ1n) is 11.8. The molecule has 176 valence electrons. The summed E-state index contributed by atoms with van der Waals surface area (Å²) in [7, 11) is 4.11. The van der Waals surface area contributed by atoms with Gasteiger partial charge in [0.1, 0.15) is 11.2 Å². The normalized spacial score (nSPS) is 14.6. The van der Waals surface area contributed by atoms with E-state index >= 15 is 0 Å². The Morgan fingerprint density at radius 3 is 2.80 bits per heavy atom. The van der Waals surface area contributed by atoms with E-state index < -0.39 is 0 Å². The maximum Gasteiger partial charge on any atom is 0.135 e. The summed E-state index contributed by atoms with van der Waals surface area (Å²) in [6.07, 6.45) is 12.5. The number of pyridine rings is 1. The molecule has 0 radical (unpaired) electrons. The number of hydrogen-bond acceptors (Lipinski definition) is 4. The molecule has 4 heterocycles. The summed E-state index contributed by atoms with van der Waals surface area (Å²) < 4.78 is 0. The molecule has 1 aliphatic heterocycles. The number of nitrogens with one attached hydrogen (secondary N) is 3. The molecule has 0 unspecified atom stereocenters. The fourth-order valence-corrected chi connectivity index (χ4v) is 4.46. The summed E-state index contributed by atoms with van der Waals surface area (Å²) in [6, 6.07) is 12.6. The van der Waals surface area contributed by atoms with E-state index in [2.05, 4.69) is 101 Å². The number of allylic oxidation sites excluding steroid dienone is 5. The first-order chi connectivity index (χ1) is 17.1. The van der Waals surface area contributed by atoms with Gasteiger partial charge in [0.25, 0.3) is 0 Å². The minimum Gasteiger partial charge on any atom is -0.387 e. The minimum atomic E-state index is 0.812. The van der Waals surface area contributed by atoms with Gasteiger partial charge in [0, 0.05) is 30.2 Å². The van der Waals surface area contributed by atoms with Crippen LogP contribution in [0.2, 0.25) is 0 Å². The number of dihydropyridines is 1. The van der Waals surface area contributed by atoms with Gasteiger partial charge in [-0.05, 0) is 73.6 Å². The molecule has 0 spiro atoms. The fourth-order valence-electron chi connectivity index (χ4n) is 4.46. The van der Waals surface area contributed by atoms with Crippen LogP contribution in [0.3, 0.4) is 0 Å². The first-order valence-corrected chi connectivity index (χ1v) is 11.8. The van der Waals surface area contributed by atoms with Crippen LogP contribution >= 0.6 is 0 Å². The third kappa shape index (κ3) is 4.48. The Kier molecular flexibility index (Phi) is 6.21. The Hall–Kier alpha value is -4.16. The van der Waals surface area contributed by atoms with Gasteiger partial charge in [-0.25, -0.2) is 4.98 Å². The average molecular weight is 463 g/mol. The lowest BCUT2D eigenvalue weighted by molar-refractivity contribution is 0.449. The molecular weight excluding hydrogens is 432 g/mol. The second-order valence-electron chi connectivity index (χ2n) is 8.93. The summed E-state index contributed by atoms with van der Waals surface area (Å²) in [6.45, 7) is 7.69. The van der Waals surface area contributed by atoms with E-state index in [0.717, 1.165) is 63.3 Å². The SMILES string of the molecule is C=C/C(=C\C(=C/C)c1ccc2[nH]nc(-c3cc4c(C5=CNCC=C5)cccc4[nH]3)c2n1)CN(C)C. The molecule has 0 aliphatic carbocycles. The van der Waals surface area contributed by atoms with Crippen molar-refractivity contribution in [1.29, 1.82) is 0 Å². The van der Waals surface area contributed by atoms with E-state index in [1.807, 2.05) is 25.1 Å². The van der Waals surface area contributed by atoms with E-state index in [9.17, 15) is 0 Å². The van der Waals surface area contributed by atoms with Crippen molar-refractivity contribution in [3.05, 3.63) is 96.4 Å². The number of aromatic amines is 2. The highest BCUT2D eigenvalue weighted by molar-refractivity contribution is 6.00. The fraction of sp³-hybridized carbons (Fsp3) is 0.172. The number of rotatable bonds is 7. The molecule has 5 rings (SSSR count). The van der Waals surface area contributed by atoms with Crippen molar-refractivity contribution in [2.45, 2.75) is 6.92 Å². The minimum absolute atomic E-state index is 0.812. The summed E-state index contributed by atoms with van der Waals surface area (Å²) in [5.74, 6) is 0. The molecule has 0 fully saturated rings. The lowest BCUT2D eigenvalue weighted by atomic mass is 10.0. The zero-order chi connectivity index (χ0) is 24.4. The van der Waals surface area contributed by atoms with Gasteiger partial charge in [0.15, 0.2) is 0 Å². The third-order valence-electron chi connectivity index (χ3n) is 6.14. The number of H-pyrrole nitrogens is 2. The quantitative estimate of drug-likeness (QED) is 0.309. The Morgan fingerprint density at radius 1 is 1.17 bits per heavy atom. The van der Waals surface area contributed by atoms with Gasteiger partial charge < -0.3 is 15.2 Å². The summed E-state index contributed by atoms with van der Waals surface area (Å²) in [5, 5.41) is 12.2. The molecule has 3 N–H and O–H groups in total. The number of fused-ring (bicyclic) bond motifs is 2. The van der Waals surface area contributed by atoms with Crippen molar-refractivity contribution >= 4 is 33.1 Å². The highest BCUT2D eigenvalue weighted by atomic mass is 15.1. The Morgan fingerprint density at radius 2 is 2.06 bits per heavy atom. The molecule has 0 saturated heterocycles. The molecule has 0 bridgehead atoms. The van der Waals surface area contributed by atoms with Crippen molar-refractivity contribution < 1.29 is 0 Å². The van der Waals surface area contributed by atoms with Gasteiger partial charge in [-0.1, -0.05) is 43.0 Å². The standard InChI is InChI=1S/C29H30N6/c1-5-19(18-35(3)4)15-20(6-2)24-12-13-26-28(32-24)29(34-33-26)27-16-23-22(10-7-11-25(23)31-27)21-9-8-14-30-17-21/h5-13,15-17,30-31H,1,14,18H2,2-4H3,(H,33,34)/b19-15+,20-6+. The second kappa shape index (κ2) is 9.60. The highest BCUT2D eigenvalue weighted by Crippen LogP contribution is 2.33. The molecule has 4 aromatic rings. The zero-order valence-electron chi connectivity index (χ0n) is 20.4. The Labute approximate surface area is 205 Å². The van der Waals surface area contributed by atoms with E-state index in [-0.39, 0.29) is 0 Å². The number of nitrogens with zero attached hydrogens (tertiary/aromatic N) is 3. The molecule has 1 aromatic carbocycles. The van der Waals surface area contributed by atoms with Gasteiger partial charge in [0.2, 0.25) is 0 Å². The van der Waals surface area contributed by atoms with E-state index in [1.54, 1.807) is 0 Å². The lowest BCUT2D eigenvalue weighted by Gasteiger charge is -2.11. The topological polar surface area (TPSA) is 72.6 Å². The van der Waals surface area contributed by atoms with Crippen LogP contribution in [-0.2, 0) is 0 Å². The van der Waals surface area contributed by atoms with Crippen molar-refractivity contribution in [2.24, 2.45) is 0 Å². The first kappa shape index (κ1) is 22.6. The monoisotopic (exact) mass is 462 g/mol. The van der Waals surface area contributed by atoms with Gasteiger partial charge in [-0.3, -0.25) is 5.10 Å². The molecule has 0 atom stereocenters. The van der Waals surface area contributed by atoms with Gasteiger partial charge in [-0.2, -0.15) is 5.10 Å². The van der Waals surface area contributed by atoms with E-state index in [0.29, 0.717) is 0 Å². The molecule has 6 nitrogen and oxygen atoms in total. The lowest BCUT2D eigenvalue weighted by Crippen LogP contribution is -2.14. The predicted molar refractivity (Wildman–Crippen MR) is 147 cm³/mol. The van der Waals surface area contributed by atoms with Crippen LogP contribution in [-0.4, -0.2) is 52.3 Å². The summed E-state index contributed by atoms with van der Waals surface area (Å²) >= 11 is 0. The number of aromatic nitrogens is 4. The number of likely N-dealkylation sites (N-methyl/N-ethyl adjacent to an activating group) is 1. The second-order valence-corrected chi connectivity index (χ2v) is 8.93. The zero-order valence-corrected chi connectivity index (χ0v) is 20.4. The van der Waals surface area contributed by atoms with Gasteiger partial charge in [0.05, 0.1) is 16.9 Å². The van der Waals surface area contributed by atoms with E-state index in [1.165, 1.54) is 11.1 Å². The molecule has 0 amide bonds. The average Bonchev–Trinajstić information content (AvgIpc) is 3.50. The summed E-state index contributed by atoms with van der Waals surface area (Å²) in [5.41, 5.74) is 10.0. The van der Waals surface area contributed by atoms with E-state index in [4.69, 9.17) is 4.98 Å². The summed E-state index contributed by atoms with van der Waals surface area (Å²) in [4.78, 5) is 10.7. The van der Waals surface area contributed by atoms with Crippen LogP contribution in [0.1, 0.15) is 18.2 Å².